The molecule has 3 rings (SSSR count). The number of nitrogens with zero attached hydrogens (tertiary/aromatic N) is 1. The molecule has 0 spiro atoms. The van der Waals surface area contributed by atoms with Crippen LogP contribution in [0.5, 0.6) is 0 Å². The van der Waals surface area contributed by atoms with Gasteiger partial charge in [0.25, 0.3) is 5.69 Å². The first kappa shape index (κ1) is 22.8. The summed E-state index contributed by atoms with van der Waals surface area (Å²) < 4.78 is 0. The lowest BCUT2D eigenvalue weighted by atomic mass is 9.67. The Morgan fingerprint density at radius 3 is 2.29 bits per heavy atom. The number of nitro groups is 1. The molecule has 0 fully saturated rings. The number of nitro benzene ring substituents is 1. The van der Waals surface area contributed by atoms with Gasteiger partial charge >= 0.3 is 0 Å². The Labute approximate surface area is 183 Å². The van der Waals surface area contributed by atoms with E-state index in [9.17, 15) is 19.7 Å². The van der Waals surface area contributed by atoms with Gasteiger partial charge in [-0.1, -0.05) is 45.2 Å². The van der Waals surface area contributed by atoms with Crippen molar-refractivity contribution in [3.8, 4) is 11.1 Å². The Kier molecular flexibility index (Phi) is 6.70. The largest absolute Gasteiger partial charge is 0.327 e. The molecule has 164 valence electrons. The molecule has 1 aliphatic carbocycles. The molecule has 0 aliphatic heterocycles. The lowest BCUT2D eigenvalue weighted by Gasteiger charge is -2.38. The van der Waals surface area contributed by atoms with E-state index in [1.807, 2.05) is 12.1 Å². The summed E-state index contributed by atoms with van der Waals surface area (Å²) in [6, 6.07) is 10.3. The van der Waals surface area contributed by atoms with Crippen molar-refractivity contribution in [1.29, 1.82) is 0 Å². The molecule has 2 unspecified atom stereocenters. The van der Waals surface area contributed by atoms with E-state index >= 15 is 0 Å². The average molecular weight is 423 g/mol. The molecule has 6 nitrogen and oxygen atoms in total. The molecule has 2 aromatic carbocycles. The fourth-order valence-electron chi connectivity index (χ4n) is 4.91. The quantitative estimate of drug-likeness (QED) is 0.241. The number of non-ortho nitro benzene ring substituents is 1. The van der Waals surface area contributed by atoms with Crippen molar-refractivity contribution in [2.75, 3.05) is 0 Å². The summed E-state index contributed by atoms with van der Waals surface area (Å²) in [7, 11) is 0. The number of nitrogens with two attached hydrogens (primary N) is 1. The SMILES string of the molecule is CCCCC1(C(N)CCC)c2cc(C(=O)CC(C)=O)ccc2-c2ccc([N+](=O)[O-])cc21. The smallest absolute Gasteiger partial charge is 0.269 e. The van der Waals surface area contributed by atoms with Crippen molar-refractivity contribution in [3.05, 3.63) is 63.2 Å². The summed E-state index contributed by atoms with van der Waals surface area (Å²) in [5, 5.41) is 11.5. The second-order valence-electron chi connectivity index (χ2n) is 8.52. The molecule has 0 saturated carbocycles. The van der Waals surface area contributed by atoms with Gasteiger partial charge in [0, 0.05) is 29.2 Å². The fourth-order valence-corrected chi connectivity index (χ4v) is 4.91. The van der Waals surface area contributed by atoms with E-state index in [0.717, 1.165) is 54.4 Å². The first-order chi connectivity index (χ1) is 14.8. The highest BCUT2D eigenvalue weighted by molar-refractivity contribution is 6.08. The van der Waals surface area contributed by atoms with Crippen LogP contribution in [0.2, 0.25) is 0 Å². The summed E-state index contributed by atoms with van der Waals surface area (Å²) in [6.07, 6.45) is 4.12. The van der Waals surface area contributed by atoms with Gasteiger partial charge in [-0.3, -0.25) is 19.7 Å². The summed E-state index contributed by atoms with van der Waals surface area (Å²) in [5.41, 5.74) is 10.5. The minimum atomic E-state index is -0.602. The topological polar surface area (TPSA) is 103 Å². The predicted octanol–water partition coefficient (Wildman–Crippen LogP) is 5.34. The monoisotopic (exact) mass is 422 g/mol. The number of hydrogen-bond acceptors (Lipinski definition) is 5. The number of hydrogen-bond donors (Lipinski definition) is 1. The fraction of sp³-hybridized carbons (Fsp3) is 0.440. The van der Waals surface area contributed by atoms with Gasteiger partial charge in [-0.2, -0.15) is 0 Å². The van der Waals surface area contributed by atoms with Crippen molar-refractivity contribution in [3.63, 3.8) is 0 Å². The number of Topliss-reactive ketones (excluding diaryl/α,β-unsaturated/α-hetero) is 2. The zero-order valence-electron chi connectivity index (χ0n) is 18.4. The summed E-state index contributed by atoms with van der Waals surface area (Å²) in [6.45, 7) is 5.59. The standard InChI is InChI=1S/C25H30N2O4/c1-4-6-12-25(24(26)7-5-2)21-14-17(23(29)13-16(3)28)8-10-19(21)20-11-9-18(27(30)31)15-22(20)25/h8-11,14-15,24H,4-7,12-13,26H2,1-3H3. The molecule has 6 heteroatoms. The first-order valence-electron chi connectivity index (χ1n) is 11.0. The molecule has 0 bridgehead atoms. The van der Waals surface area contributed by atoms with Crippen molar-refractivity contribution < 1.29 is 14.5 Å². The van der Waals surface area contributed by atoms with Crippen LogP contribution in [-0.4, -0.2) is 22.5 Å². The molecular weight excluding hydrogens is 392 g/mol. The molecule has 0 amide bonds. The predicted molar refractivity (Wildman–Crippen MR) is 121 cm³/mol. The number of ketones is 2. The molecular formula is C25H30N2O4. The maximum atomic E-state index is 12.7. The zero-order chi connectivity index (χ0) is 22.8. The molecule has 0 saturated heterocycles. The lowest BCUT2D eigenvalue weighted by molar-refractivity contribution is -0.384. The second-order valence-corrected chi connectivity index (χ2v) is 8.52. The molecule has 2 N–H and O–H groups in total. The summed E-state index contributed by atoms with van der Waals surface area (Å²) in [4.78, 5) is 35.3. The van der Waals surface area contributed by atoms with Crippen LogP contribution in [-0.2, 0) is 10.2 Å². The van der Waals surface area contributed by atoms with E-state index in [0.29, 0.717) is 5.56 Å². The van der Waals surface area contributed by atoms with Gasteiger partial charge in [-0.05, 0) is 54.2 Å². The number of unbranched alkanes of at least 4 members (excludes halogenated alkanes) is 1. The van der Waals surface area contributed by atoms with Gasteiger partial charge in [0.15, 0.2) is 5.78 Å². The van der Waals surface area contributed by atoms with Crippen molar-refractivity contribution in [1.82, 2.24) is 0 Å². The highest BCUT2D eigenvalue weighted by atomic mass is 16.6. The summed E-state index contributed by atoms with van der Waals surface area (Å²) in [5.74, 6) is -0.393. The number of rotatable bonds is 10. The highest BCUT2D eigenvalue weighted by Gasteiger charge is 2.47. The second kappa shape index (κ2) is 9.10. The van der Waals surface area contributed by atoms with Crippen LogP contribution in [0.3, 0.4) is 0 Å². The van der Waals surface area contributed by atoms with Crippen molar-refractivity contribution in [2.45, 2.75) is 70.8 Å². The van der Waals surface area contributed by atoms with E-state index in [1.165, 1.54) is 13.0 Å². The van der Waals surface area contributed by atoms with Gasteiger partial charge in [-0.15, -0.1) is 0 Å². The van der Waals surface area contributed by atoms with Gasteiger partial charge < -0.3 is 5.73 Å². The minimum absolute atomic E-state index is 0.0454. The third kappa shape index (κ3) is 4.04. The highest BCUT2D eigenvalue weighted by Crippen LogP contribution is 2.54. The van der Waals surface area contributed by atoms with E-state index in [1.54, 1.807) is 18.2 Å². The Balaban J connectivity index is 2.28. The Morgan fingerprint density at radius 2 is 1.71 bits per heavy atom. The first-order valence-corrected chi connectivity index (χ1v) is 11.0. The maximum Gasteiger partial charge on any atom is 0.269 e. The molecule has 0 aromatic heterocycles. The third-order valence-electron chi connectivity index (χ3n) is 6.37. The van der Waals surface area contributed by atoms with Gasteiger partial charge in [0.05, 0.1) is 11.3 Å². The average Bonchev–Trinajstić information content (AvgIpc) is 3.01. The van der Waals surface area contributed by atoms with E-state index < -0.39 is 5.41 Å². The van der Waals surface area contributed by atoms with Gasteiger partial charge in [0.1, 0.15) is 5.78 Å². The minimum Gasteiger partial charge on any atom is -0.327 e. The van der Waals surface area contributed by atoms with Crippen LogP contribution in [0.15, 0.2) is 36.4 Å². The molecule has 1 aliphatic rings. The van der Waals surface area contributed by atoms with Gasteiger partial charge in [0.2, 0.25) is 0 Å². The maximum absolute atomic E-state index is 12.7. The number of fused-ring (bicyclic) bond motifs is 3. The van der Waals surface area contributed by atoms with Crippen molar-refractivity contribution >= 4 is 17.3 Å². The Bertz CT molecular complexity index is 1030. The molecule has 2 aromatic rings. The van der Waals surface area contributed by atoms with E-state index in [-0.39, 0.29) is 34.6 Å². The van der Waals surface area contributed by atoms with Crippen LogP contribution in [0.1, 0.15) is 80.8 Å². The summed E-state index contributed by atoms with van der Waals surface area (Å²) >= 11 is 0. The number of benzene rings is 2. The van der Waals surface area contributed by atoms with Crippen molar-refractivity contribution in [2.24, 2.45) is 5.73 Å². The van der Waals surface area contributed by atoms with Crippen LogP contribution in [0, 0.1) is 10.1 Å². The molecule has 31 heavy (non-hydrogen) atoms. The van der Waals surface area contributed by atoms with Crippen LogP contribution in [0.25, 0.3) is 11.1 Å². The normalized spacial score (nSPS) is 17.7. The molecule has 0 radical (unpaired) electrons. The Morgan fingerprint density at radius 1 is 1.06 bits per heavy atom. The van der Waals surface area contributed by atoms with E-state index in [2.05, 4.69) is 13.8 Å². The number of carbonyl (C=O) groups excluding carboxylic acids is 2. The lowest BCUT2D eigenvalue weighted by Crippen LogP contribution is -2.45. The van der Waals surface area contributed by atoms with Gasteiger partial charge in [-0.25, -0.2) is 0 Å². The van der Waals surface area contributed by atoms with Crippen LogP contribution >= 0.6 is 0 Å². The third-order valence-corrected chi connectivity index (χ3v) is 6.37. The van der Waals surface area contributed by atoms with E-state index in [4.69, 9.17) is 5.73 Å². The zero-order valence-corrected chi connectivity index (χ0v) is 18.4. The Hall–Kier alpha value is -2.86. The van der Waals surface area contributed by atoms with Crippen LogP contribution in [0.4, 0.5) is 5.69 Å². The molecule has 2 atom stereocenters. The number of carbonyl (C=O) groups is 2. The molecule has 0 heterocycles. The van der Waals surface area contributed by atoms with Crippen LogP contribution < -0.4 is 5.73 Å².